The number of carbonyl (C=O) groups excluding carboxylic acids is 1. The maximum Gasteiger partial charge on any atom is 0.319 e. The molecule has 0 fully saturated rings. The van der Waals surface area contributed by atoms with Gasteiger partial charge < -0.3 is 10.6 Å². The van der Waals surface area contributed by atoms with Crippen molar-refractivity contribution < 1.29 is 9.18 Å². The summed E-state index contributed by atoms with van der Waals surface area (Å²) < 4.78 is 13.6. The molecular formula is C11H12ClFN4OS. The minimum absolute atomic E-state index is 0.219. The molecule has 0 aromatic carbocycles. The molecule has 0 spiro atoms. The summed E-state index contributed by atoms with van der Waals surface area (Å²) in [5, 5.41) is 13.3. The van der Waals surface area contributed by atoms with Gasteiger partial charge >= 0.3 is 6.03 Å². The third kappa shape index (κ3) is 3.93. The number of anilines is 1. The average molecular weight is 303 g/mol. The minimum Gasteiger partial charge on any atom is -0.334 e. The summed E-state index contributed by atoms with van der Waals surface area (Å²) in [6, 6.07) is -0.349. The predicted octanol–water partition coefficient (Wildman–Crippen LogP) is 2.89. The highest BCUT2D eigenvalue weighted by molar-refractivity contribution is 7.09. The normalized spacial score (nSPS) is 10.4. The van der Waals surface area contributed by atoms with Gasteiger partial charge in [0.2, 0.25) is 0 Å². The Morgan fingerprint density at radius 2 is 2.37 bits per heavy atom. The fraction of sp³-hybridized carbons (Fsp3) is 0.273. The number of nitrogens with zero attached hydrogens (tertiary/aromatic N) is 2. The molecule has 8 heteroatoms. The van der Waals surface area contributed by atoms with E-state index in [-0.39, 0.29) is 12.6 Å². The van der Waals surface area contributed by atoms with Gasteiger partial charge in [0.05, 0.1) is 23.5 Å². The molecule has 2 rings (SSSR count). The van der Waals surface area contributed by atoms with Gasteiger partial charge in [-0.2, -0.15) is 5.10 Å². The Morgan fingerprint density at radius 1 is 1.53 bits per heavy atom. The summed E-state index contributed by atoms with van der Waals surface area (Å²) in [4.78, 5) is 11.6. The molecule has 0 unspecified atom stereocenters. The zero-order valence-corrected chi connectivity index (χ0v) is 11.5. The number of alkyl halides is 1. The van der Waals surface area contributed by atoms with Crippen molar-refractivity contribution in [2.75, 3.05) is 12.0 Å². The Labute approximate surface area is 118 Å². The van der Waals surface area contributed by atoms with Crippen LogP contribution in [0.4, 0.5) is 14.9 Å². The maximum atomic E-state index is 12.1. The lowest BCUT2D eigenvalue weighted by atomic mass is 10.3. The molecule has 19 heavy (non-hydrogen) atoms. The van der Waals surface area contributed by atoms with E-state index in [4.69, 9.17) is 11.6 Å². The third-order valence-corrected chi connectivity index (χ3v) is 3.50. The van der Waals surface area contributed by atoms with Gasteiger partial charge in [0.1, 0.15) is 6.67 Å². The second kappa shape index (κ2) is 6.53. The first-order valence-corrected chi connectivity index (χ1v) is 6.85. The molecule has 0 saturated carbocycles. The number of hydrogen-bond donors (Lipinski definition) is 2. The van der Waals surface area contributed by atoms with Crippen molar-refractivity contribution in [2.45, 2.75) is 13.1 Å². The number of halogens is 2. The number of thiophene rings is 1. The lowest BCUT2D eigenvalue weighted by Gasteiger charge is -2.05. The van der Waals surface area contributed by atoms with Crippen LogP contribution in [-0.2, 0) is 13.1 Å². The molecule has 0 radical (unpaired) electrons. The second-order valence-electron chi connectivity index (χ2n) is 3.74. The Bertz CT molecular complexity index is 556. The first-order valence-electron chi connectivity index (χ1n) is 5.53. The monoisotopic (exact) mass is 302 g/mol. The fourth-order valence-corrected chi connectivity index (χ4v) is 2.38. The summed E-state index contributed by atoms with van der Waals surface area (Å²) in [7, 11) is 0. The first kappa shape index (κ1) is 13.8. The van der Waals surface area contributed by atoms with Crippen molar-refractivity contribution in [3.8, 4) is 0 Å². The van der Waals surface area contributed by atoms with Gasteiger partial charge in [-0.1, -0.05) is 11.6 Å². The number of rotatable bonds is 5. The molecule has 0 bridgehead atoms. The molecule has 2 aromatic heterocycles. The molecule has 2 N–H and O–H groups in total. The van der Waals surface area contributed by atoms with Crippen molar-refractivity contribution in [2.24, 2.45) is 0 Å². The molecule has 0 aliphatic heterocycles. The Kier molecular flexibility index (Phi) is 4.75. The van der Waals surface area contributed by atoms with Gasteiger partial charge in [-0.05, 0) is 0 Å². The van der Waals surface area contributed by atoms with E-state index in [1.807, 2.05) is 0 Å². The highest BCUT2D eigenvalue weighted by Crippen LogP contribution is 2.25. The van der Waals surface area contributed by atoms with Crippen LogP contribution in [0.2, 0.25) is 5.02 Å². The Hall–Kier alpha value is -1.60. The standard InChI is InChI=1S/C11H12ClFN4OS/c12-9-6-19-7-10(9)16-11(18)14-3-8-4-15-17(5-8)2-1-13/h4-7H,1-3H2,(H2,14,16,18). The van der Waals surface area contributed by atoms with Crippen LogP contribution in [0.1, 0.15) is 5.56 Å². The van der Waals surface area contributed by atoms with Crippen LogP contribution in [0.3, 0.4) is 0 Å². The largest absolute Gasteiger partial charge is 0.334 e. The quantitative estimate of drug-likeness (QED) is 0.892. The maximum absolute atomic E-state index is 12.1. The van der Waals surface area contributed by atoms with Gasteiger partial charge in [-0.25, -0.2) is 9.18 Å². The summed E-state index contributed by atoms with van der Waals surface area (Å²) in [6.07, 6.45) is 3.28. The highest BCUT2D eigenvalue weighted by Gasteiger charge is 2.06. The molecule has 0 atom stereocenters. The van der Waals surface area contributed by atoms with Crippen molar-refractivity contribution in [1.29, 1.82) is 0 Å². The van der Waals surface area contributed by atoms with Gasteiger partial charge in [0.15, 0.2) is 0 Å². The summed E-state index contributed by atoms with van der Waals surface area (Å²) in [5.41, 5.74) is 1.39. The lowest BCUT2D eigenvalue weighted by Crippen LogP contribution is -2.27. The van der Waals surface area contributed by atoms with Crippen LogP contribution >= 0.6 is 22.9 Å². The number of hydrogen-bond acceptors (Lipinski definition) is 3. The molecule has 5 nitrogen and oxygen atoms in total. The van der Waals surface area contributed by atoms with E-state index >= 15 is 0 Å². The molecule has 0 aliphatic carbocycles. The van der Waals surface area contributed by atoms with Gasteiger partial charge in [-0.3, -0.25) is 4.68 Å². The van der Waals surface area contributed by atoms with E-state index in [0.717, 1.165) is 5.56 Å². The molecular weight excluding hydrogens is 291 g/mol. The predicted molar refractivity (Wildman–Crippen MR) is 73.4 cm³/mol. The topological polar surface area (TPSA) is 59.0 Å². The number of aromatic nitrogens is 2. The minimum atomic E-state index is -0.467. The lowest BCUT2D eigenvalue weighted by molar-refractivity contribution is 0.251. The van der Waals surface area contributed by atoms with E-state index in [0.29, 0.717) is 17.3 Å². The van der Waals surface area contributed by atoms with Crippen molar-refractivity contribution in [3.05, 3.63) is 33.7 Å². The molecule has 102 valence electrons. The summed E-state index contributed by atoms with van der Waals surface area (Å²) in [5.74, 6) is 0. The molecule has 0 saturated heterocycles. The second-order valence-corrected chi connectivity index (χ2v) is 4.89. The van der Waals surface area contributed by atoms with Crippen LogP contribution in [0.25, 0.3) is 0 Å². The summed E-state index contributed by atoms with van der Waals surface area (Å²) >= 11 is 7.27. The third-order valence-electron chi connectivity index (χ3n) is 2.32. The number of urea groups is 1. The number of carbonyl (C=O) groups is 1. The van der Waals surface area contributed by atoms with Gasteiger partial charge in [0.25, 0.3) is 0 Å². The van der Waals surface area contributed by atoms with E-state index in [1.165, 1.54) is 16.0 Å². The van der Waals surface area contributed by atoms with Crippen molar-refractivity contribution in [3.63, 3.8) is 0 Å². The Balaban J connectivity index is 1.81. The smallest absolute Gasteiger partial charge is 0.319 e. The SMILES string of the molecule is O=C(NCc1cnn(CCF)c1)Nc1cscc1Cl. The molecule has 2 heterocycles. The van der Waals surface area contributed by atoms with Gasteiger partial charge in [0, 0.05) is 29.1 Å². The van der Waals surface area contributed by atoms with Crippen LogP contribution < -0.4 is 10.6 Å². The fourth-order valence-electron chi connectivity index (χ4n) is 1.43. The van der Waals surface area contributed by atoms with E-state index in [9.17, 15) is 9.18 Å². The van der Waals surface area contributed by atoms with Crippen LogP contribution in [0.5, 0.6) is 0 Å². The average Bonchev–Trinajstić information content (AvgIpc) is 2.98. The zero-order chi connectivity index (χ0) is 13.7. The molecule has 2 aromatic rings. The van der Waals surface area contributed by atoms with Crippen LogP contribution in [0.15, 0.2) is 23.2 Å². The van der Waals surface area contributed by atoms with E-state index in [1.54, 1.807) is 23.2 Å². The highest BCUT2D eigenvalue weighted by atomic mass is 35.5. The van der Waals surface area contributed by atoms with Gasteiger partial charge in [-0.15, -0.1) is 11.3 Å². The van der Waals surface area contributed by atoms with Crippen molar-refractivity contribution >= 4 is 34.7 Å². The van der Waals surface area contributed by atoms with E-state index in [2.05, 4.69) is 15.7 Å². The number of aryl methyl sites for hydroxylation is 1. The van der Waals surface area contributed by atoms with Crippen LogP contribution in [0, 0.1) is 0 Å². The first-order chi connectivity index (χ1) is 9.19. The molecule has 2 amide bonds. The zero-order valence-electron chi connectivity index (χ0n) is 9.90. The van der Waals surface area contributed by atoms with Crippen LogP contribution in [-0.4, -0.2) is 22.5 Å². The number of nitrogens with one attached hydrogen (secondary N) is 2. The summed E-state index contributed by atoms with van der Waals surface area (Å²) in [6.45, 7) is 0.0717. The van der Waals surface area contributed by atoms with Crippen molar-refractivity contribution in [1.82, 2.24) is 15.1 Å². The Morgan fingerprint density at radius 3 is 3.05 bits per heavy atom. The number of amides is 2. The molecule has 0 aliphatic rings. The van der Waals surface area contributed by atoms with E-state index < -0.39 is 6.67 Å².